The molecule has 0 radical (unpaired) electrons. The third-order valence-electron chi connectivity index (χ3n) is 2.29. The molecule has 0 aliphatic heterocycles. The fourth-order valence-corrected chi connectivity index (χ4v) is 1.49. The summed E-state index contributed by atoms with van der Waals surface area (Å²) in [4.78, 5) is 27.0. The second-order valence-corrected chi connectivity index (χ2v) is 3.44. The standard InChI is InChI=1S/C13H11NO3/c1-2-17-13(16)12(15)11-8-7-9-5-3-4-6-10(9)14-11/h3-8H,2H2,1H3. The number of hydrogen-bond donors (Lipinski definition) is 0. The molecule has 86 valence electrons. The lowest BCUT2D eigenvalue weighted by Gasteiger charge is -2.02. The van der Waals surface area contributed by atoms with E-state index >= 15 is 0 Å². The summed E-state index contributed by atoms with van der Waals surface area (Å²) in [7, 11) is 0. The Hall–Kier alpha value is -2.23. The monoisotopic (exact) mass is 229 g/mol. The van der Waals surface area contributed by atoms with Gasteiger partial charge in [0, 0.05) is 5.39 Å². The molecule has 0 saturated heterocycles. The lowest BCUT2D eigenvalue weighted by molar-refractivity contribution is -0.137. The molecule has 0 aliphatic carbocycles. The normalized spacial score (nSPS) is 10.2. The predicted molar refractivity (Wildman–Crippen MR) is 62.7 cm³/mol. The molecule has 1 heterocycles. The summed E-state index contributed by atoms with van der Waals surface area (Å²) in [6.07, 6.45) is 0. The van der Waals surface area contributed by atoms with E-state index in [-0.39, 0.29) is 12.3 Å². The lowest BCUT2D eigenvalue weighted by atomic mass is 10.2. The number of pyridine rings is 1. The maximum absolute atomic E-state index is 11.6. The molecule has 17 heavy (non-hydrogen) atoms. The Labute approximate surface area is 98.2 Å². The van der Waals surface area contributed by atoms with Crippen molar-refractivity contribution in [1.29, 1.82) is 0 Å². The quantitative estimate of drug-likeness (QED) is 0.458. The van der Waals surface area contributed by atoms with Gasteiger partial charge < -0.3 is 4.74 Å². The highest BCUT2D eigenvalue weighted by Gasteiger charge is 2.18. The molecule has 4 nitrogen and oxygen atoms in total. The molecule has 4 heteroatoms. The minimum absolute atomic E-state index is 0.113. The van der Waals surface area contributed by atoms with E-state index in [9.17, 15) is 9.59 Å². The van der Waals surface area contributed by atoms with Crippen LogP contribution in [-0.4, -0.2) is 23.3 Å². The third-order valence-corrected chi connectivity index (χ3v) is 2.29. The van der Waals surface area contributed by atoms with E-state index in [1.165, 1.54) is 6.07 Å². The van der Waals surface area contributed by atoms with Crippen molar-refractivity contribution in [3.8, 4) is 0 Å². The number of nitrogens with zero attached hydrogens (tertiary/aromatic N) is 1. The van der Waals surface area contributed by atoms with E-state index in [2.05, 4.69) is 9.72 Å². The molecule has 0 unspecified atom stereocenters. The first-order valence-electron chi connectivity index (χ1n) is 5.29. The SMILES string of the molecule is CCOC(=O)C(=O)c1ccc2ccccc2n1. The Morgan fingerprint density at radius 1 is 1.18 bits per heavy atom. The Balaban J connectivity index is 2.36. The largest absolute Gasteiger partial charge is 0.460 e. The molecular formula is C13H11NO3. The zero-order chi connectivity index (χ0) is 12.3. The van der Waals surface area contributed by atoms with Crippen molar-refractivity contribution in [2.24, 2.45) is 0 Å². The van der Waals surface area contributed by atoms with Gasteiger partial charge in [-0.25, -0.2) is 9.78 Å². The summed E-state index contributed by atoms with van der Waals surface area (Å²) < 4.78 is 4.64. The van der Waals surface area contributed by atoms with Crippen LogP contribution in [0.4, 0.5) is 0 Å². The molecule has 0 atom stereocenters. The van der Waals surface area contributed by atoms with Crippen molar-refractivity contribution >= 4 is 22.7 Å². The molecule has 0 fully saturated rings. The van der Waals surface area contributed by atoms with Gasteiger partial charge in [0.05, 0.1) is 12.1 Å². The number of ether oxygens (including phenoxy) is 1. The first-order chi connectivity index (χ1) is 8.22. The maximum Gasteiger partial charge on any atom is 0.381 e. The van der Waals surface area contributed by atoms with Crippen LogP contribution in [-0.2, 0) is 9.53 Å². The summed E-state index contributed by atoms with van der Waals surface area (Å²) in [5.74, 6) is -1.58. The fraction of sp³-hybridized carbons (Fsp3) is 0.154. The van der Waals surface area contributed by atoms with Gasteiger partial charge >= 0.3 is 5.97 Å². The fourth-order valence-electron chi connectivity index (χ4n) is 1.49. The van der Waals surface area contributed by atoms with Crippen LogP contribution in [0.1, 0.15) is 17.4 Å². The number of aromatic nitrogens is 1. The van der Waals surface area contributed by atoms with E-state index in [0.29, 0.717) is 5.52 Å². The zero-order valence-corrected chi connectivity index (χ0v) is 9.34. The number of esters is 1. The molecule has 0 amide bonds. The van der Waals surface area contributed by atoms with Crippen molar-refractivity contribution in [2.45, 2.75) is 6.92 Å². The molecule has 1 aromatic carbocycles. The summed E-state index contributed by atoms with van der Waals surface area (Å²) in [6, 6.07) is 10.7. The predicted octanol–water partition coefficient (Wildman–Crippen LogP) is 1.98. The number of para-hydroxylation sites is 1. The zero-order valence-electron chi connectivity index (χ0n) is 9.34. The number of carbonyl (C=O) groups excluding carboxylic acids is 2. The number of Topliss-reactive ketones (excluding diaryl/α,β-unsaturated/α-hetero) is 1. The number of rotatable bonds is 3. The van der Waals surface area contributed by atoms with E-state index < -0.39 is 11.8 Å². The van der Waals surface area contributed by atoms with Crippen LogP contribution in [0.15, 0.2) is 36.4 Å². The van der Waals surface area contributed by atoms with Gasteiger partial charge in [-0.2, -0.15) is 0 Å². The van der Waals surface area contributed by atoms with Crippen molar-refractivity contribution in [2.75, 3.05) is 6.61 Å². The van der Waals surface area contributed by atoms with E-state index in [1.807, 2.05) is 18.2 Å². The van der Waals surface area contributed by atoms with Crippen LogP contribution in [0.2, 0.25) is 0 Å². The Bertz CT molecular complexity index is 578. The molecule has 0 N–H and O–H groups in total. The van der Waals surface area contributed by atoms with Crippen LogP contribution < -0.4 is 0 Å². The number of ketones is 1. The van der Waals surface area contributed by atoms with Gasteiger partial charge in [-0.05, 0) is 19.1 Å². The van der Waals surface area contributed by atoms with E-state index in [4.69, 9.17) is 0 Å². The van der Waals surface area contributed by atoms with Crippen LogP contribution >= 0.6 is 0 Å². The second-order valence-electron chi connectivity index (χ2n) is 3.44. The van der Waals surface area contributed by atoms with Crippen molar-refractivity contribution in [3.63, 3.8) is 0 Å². The summed E-state index contributed by atoms with van der Waals surface area (Å²) in [6.45, 7) is 1.83. The highest BCUT2D eigenvalue weighted by molar-refractivity contribution is 6.40. The average molecular weight is 229 g/mol. The van der Waals surface area contributed by atoms with Crippen LogP contribution in [0, 0.1) is 0 Å². The van der Waals surface area contributed by atoms with Gasteiger partial charge in [0.15, 0.2) is 0 Å². The van der Waals surface area contributed by atoms with Crippen molar-refractivity contribution < 1.29 is 14.3 Å². The average Bonchev–Trinajstić information content (AvgIpc) is 2.37. The number of carbonyl (C=O) groups is 2. The first-order valence-corrected chi connectivity index (χ1v) is 5.29. The highest BCUT2D eigenvalue weighted by atomic mass is 16.5. The Kier molecular flexibility index (Phi) is 3.14. The van der Waals surface area contributed by atoms with E-state index in [1.54, 1.807) is 19.1 Å². The van der Waals surface area contributed by atoms with Gasteiger partial charge in [-0.3, -0.25) is 4.79 Å². The number of fused-ring (bicyclic) bond motifs is 1. The molecule has 1 aromatic heterocycles. The topological polar surface area (TPSA) is 56.3 Å². The molecule has 0 spiro atoms. The number of benzene rings is 1. The summed E-state index contributed by atoms with van der Waals surface area (Å²) in [5.41, 5.74) is 0.796. The van der Waals surface area contributed by atoms with Gasteiger partial charge in [0.25, 0.3) is 5.78 Å². The molecule has 2 aromatic rings. The Morgan fingerprint density at radius 2 is 1.94 bits per heavy atom. The molecular weight excluding hydrogens is 218 g/mol. The minimum atomic E-state index is -0.865. The molecule has 2 rings (SSSR count). The minimum Gasteiger partial charge on any atom is -0.460 e. The van der Waals surface area contributed by atoms with Crippen LogP contribution in [0.3, 0.4) is 0 Å². The smallest absolute Gasteiger partial charge is 0.381 e. The second kappa shape index (κ2) is 4.74. The molecule has 0 bridgehead atoms. The molecule has 0 saturated carbocycles. The summed E-state index contributed by atoms with van der Waals surface area (Å²) in [5, 5.41) is 0.924. The van der Waals surface area contributed by atoms with Gasteiger partial charge in [-0.1, -0.05) is 24.3 Å². The maximum atomic E-state index is 11.6. The van der Waals surface area contributed by atoms with Crippen LogP contribution in [0.5, 0.6) is 0 Å². The van der Waals surface area contributed by atoms with Crippen LogP contribution in [0.25, 0.3) is 10.9 Å². The third kappa shape index (κ3) is 2.30. The van der Waals surface area contributed by atoms with Gasteiger partial charge in [0.1, 0.15) is 5.69 Å². The Morgan fingerprint density at radius 3 is 2.71 bits per heavy atom. The van der Waals surface area contributed by atoms with Crippen molar-refractivity contribution in [1.82, 2.24) is 4.98 Å². The molecule has 0 aliphatic rings. The van der Waals surface area contributed by atoms with Gasteiger partial charge in [0.2, 0.25) is 0 Å². The summed E-state index contributed by atoms with van der Waals surface area (Å²) >= 11 is 0. The van der Waals surface area contributed by atoms with Gasteiger partial charge in [-0.15, -0.1) is 0 Å². The first kappa shape index (κ1) is 11.3. The number of hydrogen-bond acceptors (Lipinski definition) is 4. The lowest BCUT2D eigenvalue weighted by Crippen LogP contribution is -2.18. The highest BCUT2D eigenvalue weighted by Crippen LogP contribution is 2.12. The van der Waals surface area contributed by atoms with Crippen molar-refractivity contribution in [3.05, 3.63) is 42.1 Å². The van der Waals surface area contributed by atoms with E-state index in [0.717, 1.165) is 5.39 Å².